The Kier molecular flexibility index (Phi) is 6.57. The van der Waals surface area contributed by atoms with Crippen LogP contribution in [0.2, 0.25) is 0 Å². The maximum atomic E-state index is 13.2. The molecule has 2 aromatic rings. The number of rotatable bonds is 5. The highest BCUT2D eigenvalue weighted by molar-refractivity contribution is 5.96. The molecule has 2 aliphatic heterocycles. The fourth-order valence-corrected chi connectivity index (χ4v) is 5.17. The summed E-state index contributed by atoms with van der Waals surface area (Å²) in [7, 11) is 0. The predicted molar refractivity (Wildman–Crippen MR) is 130 cm³/mol. The number of hydrogen-bond acceptors (Lipinski definition) is 7. The van der Waals surface area contributed by atoms with Crippen LogP contribution < -0.4 is 20.7 Å². The monoisotopic (exact) mass is 461 g/mol. The molecule has 34 heavy (non-hydrogen) atoms. The highest BCUT2D eigenvalue weighted by Crippen LogP contribution is 2.41. The summed E-state index contributed by atoms with van der Waals surface area (Å²) in [6, 6.07) is 11.0. The second-order valence-corrected chi connectivity index (χ2v) is 9.38. The van der Waals surface area contributed by atoms with E-state index in [1.807, 2.05) is 0 Å². The zero-order valence-corrected chi connectivity index (χ0v) is 19.3. The molecular weight excluding hydrogens is 430 g/mol. The number of carbonyl (C=O) groups excluding carboxylic acids is 1. The number of nitriles is 1. The van der Waals surface area contributed by atoms with Gasteiger partial charge in [0.25, 0.3) is 5.91 Å². The summed E-state index contributed by atoms with van der Waals surface area (Å²) in [5, 5.41) is 29.5. The summed E-state index contributed by atoms with van der Waals surface area (Å²) in [4.78, 5) is 15.5. The third kappa shape index (κ3) is 4.81. The number of nitrogens with zero attached hydrogens (tertiary/aromatic N) is 2. The normalized spacial score (nSPS) is 20.6. The van der Waals surface area contributed by atoms with Gasteiger partial charge in [-0.2, -0.15) is 5.26 Å². The lowest BCUT2D eigenvalue weighted by atomic mass is 9.93. The van der Waals surface area contributed by atoms with Crippen LogP contribution in [0, 0.1) is 11.3 Å². The van der Waals surface area contributed by atoms with Crippen LogP contribution in [0.1, 0.15) is 48.3 Å². The zero-order valence-electron chi connectivity index (χ0n) is 19.3. The van der Waals surface area contributed by atoms with Gasteiger partial charge in [-0.1, -0.05) is 12.8 Å². The molecule has 0 radical (unpaired) electrons. The molecule has 5 rings (SSSR count). The van der Waals surface area contributed by atoms with Crippen LogP contribution in [0.4, 0.5) is 11.4 Å². The minimum absolute atomic E-state index is 0.253. The average molecular weight is 462 g/mol. The molecule has 4 N–H and O–H groups in total. The SMILES string of the molecule is N#Cc1ccc2c(c1)NCC(C(=O)Nc1cc(O)c(C3CCCC3)cc1CN1CCNCC1)O2. The first-order valence-electron chi connectivity index (χ1n) is 12.1. The van der Waals surface area contributed by atoms with Crippen molar-refractivity contribution in [1.29, 1.82) is 5.26 Å². The standard InChI is InChI=1S/C26H31N5O3/c27-14-17-5-6-24-22(11-17)29-15-25(34-24)26(33)30-21-13-23(32)20(18-3-1-2-4-18)12-19(21)16-31-9-7-28-8-10-31/h5-6,11-13,18,25,28-29,32H,1-4,7-10,15-16H2,(H,30,33). The van der Waals surface area contributed by atoms with E-state index in [1.165, 1.54) is 12.8 Å². The largest absolute Gasteiger partial charge is 0.508 e. The fourth-order valence-electron chi connectivity index (χ4n) is 5.17. The van der Waals surface area contributed by atoms with E-state index >= 15 is 0 Å². The Morgan fingerprint density at radius 3 is 2.76 bits per heavy atom. The van der Waals surface area contributed by atoms with Gasteiger partial charge in [0.2, 0.25) is 0 Å². The molecule has 0 bridgehead atoms. The lowest BCUT2D eigenvalue weighted by Gasteiger charge is -2.29. The predicted octanol–water partition coefficient (Wildman–Crippen LogP) is 3.14. The van der Waals surface area contributed by atoms with Crippen LogP contribution in [0.5, 0.6) is 11.5 Å². The summed E-state index contributed by atoms with van der Waals surface area (Å²) < 4.78 is 5.93. The van der Waals surface area contributed by atoms with Crippen LogP contribution in [0.15, 0.2) is 30.3 Å². The van der Waals surface area contributed by atoms with E-state index in [2.05, 4.69) is 33.0 Å². The van der Waals surface area contributed by atoms with Gasteiger partial charge in [-0.05, 0) is 54.2 Å². The van der Waals surface area contributed by atoms with Crippen molar-refractivity contribution in [1.82, 2.24) is 10.2 Å². The van der Waals surface area contributed by atoms with Crippen LogP contribution >= 0.6 is 0 Å². The van der Waals surface area contributed by atoms with Gasteiger partial charge in [0.05, 0.1) is 23.9 Å². The van der Waals surface area contributed by atoms with E-state index in [4.69, 9.17) is 10.00 Å². The van der Waals surface area contributed by atoms with E-state index in [0.29, 0.717) is 35.2 Å². The second kappa shape index (κ2) is 9.92. The minimum Gasteiger partial charge on any atom is -0.508 e. The smallest absolute Gasteiger partial charge is 0.267 e. The molecule has 3 aliphatic rings. The number of benzene rings is 2. The number of aromatic hydroxyl groups is 1. The van der Waals surface area contributed by atoms with Gasteiger partial charge in [-0.3, -0.25) is 9.69 Å². The number of hydrogen-bond donors (Lipinski definition) is 4. The molecule has 1 aliphatic carbocycles. The first-order valence-corrected chi connectivity index (χ1v) is 12.1. The van der Waals surface area contributed by atoms with Crippen molar-refractivity contribution in [2.45, 2.75) is 44.2 Å². The molecule has 1 unspecified atom stereocenters. The third-order valence-corrected chi connectivity index (χ3v) is 7.06. The second-order valence-electron chi connectivity index (χ2n) is 9.38. The van der Waals surface area contributed by atoms with Crippen molar-refractivity contribution in [3.05, 3.63) is 47.0 Å². The Balaban J connectivity index is 1.36. The van der Waals surface area contributed by atoms with Gasteiger partial charge in [0.1, 0.15) is 11.5 Å². The van der Waals surface area contributed by atoms with Crippen molar-refractivity contribution in [2.75, 3.05) is 43.4 Å². The van der Waals surface area contributed by atoms with Gasteiger partial charge >= 0.3 is 0 Å². The molecule has 1 amide bonds. The maximum Gasteiger partial charge on any atom is 0.267 e. The van der Waals surface area contributed by atoms with Gasteiger partial charge in [-0.15, -0.1) is 0 Å². The first-order chi connectivity index (χ1) is 16.6. The van der Waals surface area contributed by atoms with E-state index in [9.17, 15) is 9.90 Å². The Morgan fingerprint density at radius 1 is 1.21 bits per heavy atom. The number of carbonyl (C=O) groups is 1. The third-order valence-electron chi connectivity index (χ3n) is 7.06. The van der Waals surface area contributed by atoms with Crippen molar-refractivity contribution in [3.8, 4) is 17.6 Å². The summed E-state index contributed by atoms with van der Waals surface area (Å²) in [6.45, 7) is 4.82. The van der Waals surface area contributed by atoms with Crippen molar-refractivity contribution < 1.29 is 14.6 Å². The number of phenols is 1. The molecule has 8 nitrogen and oxygen atoms in total. The number of fused-ring (bicyclic) bond motifs is 1. The van der Waals surface area contributed by atoms with Gasteiger partial charge in [-0.25, -0.2) is 0 Å². The molecule has 2 fully saturated rings. The Bertz CT molecular complexity index is 1100. The average Bonchev–Trinajstić information content (AvgIpc) is 3.40. The number of ether oxygens (including phenoxy) is 1. The van der Waals surface area contributed by atoms with Crippen LogP contribution in [-0.4, -0.2) is 54.7 Å². The summed E-state index contributed by atoms with van der Waals surface area (Å²) >= 11 is 0. The molecule has 2 aromatic carbocycles. The molecule has 2 heterocycles. The van der Waals surface area contributed by atoms with Crippen LogP contribution in [0.3, 0.4) is 0 Å². The van der Waals surface area contributed by atoms with Gasteiger partial charge < -0.3 is 25.8 Å². The lowest BCUT2D eigenvalue weighted by Crippen LogP contribution is -2.43. The number of anilines is 2. The number of phenolic OH excluding ortho intramolecular Hbond substituents is 1. The summed E-state index contributed by atoms with van der Waals surface area (Å²) in [5.41, 5.74) is 3.91. The van der Waals surface area contributed by atoms with E-state index in [1.54, 1.807) is 24.3 Å². The molecule has 0 aromatic heterocycles. The molecule has 8 heteroatoms. The van der Waals surface area contributed by atoms with E-state index < -0.39 is 6.10 Å². The van der Waals surface area contributed by atoms with Gasteiger partial charge in [0, 0.05) is 44.5 Å². The number of nitrogens with one attached hydrogen (secondary N) is 3. The minimum atomic E-state index is -0.718. The van der Waals surface area contributed by atoms with Gasteiger partial charge in [0.15, 0.2) is 6.10 Å². The molecule has 1 saturated heterocycles. The highest BCUT2D eigenvalue weighted by atomic mass is 16.5. The highest BCUT2D eigenvalue weighted by Gasteiger charge is 2.28. The lowest BCUT2D eigenvalue weighted by molar-refractivity contribution is -0.122. The summed E-state index contributed by atoms with van der Waals surface area (Å²) in [5.74, 6) is 0.915. The zero-order chi connectivity index (χ0) is 23.5. The Labute approximate surface area is 199 Å². The van der Waals surface area contributed by atoms with E-state index in [0.717, 1.165) is 56.7 Å². The number of piperazine rings is 1. The fraction of sp³-hybridized carbons (Fsp3) is 0.462. The molecule has 178 valence electrons. The van der Waals surface area contributed by atoms with Crippen LogP contribution in [0.25, 0.3) is 0 Å². The van der Waals surface area contributed by atoms with Crippen LogP contribution in [-0.2, 0) is 11.3 Å². The van der Waals surface area contributed by atoms with E-state index in [-0.39, 0.29) is 11.7 Å². The topological polar surface area (TPSA) is 110 Å². The van der Waals surface area contributed by atoms with Crippen molar-refractivity contribution in [3.63, 3.8) is 0 Å². The Hall–Kier alpha value is -3.28. The summed E-state index contributed by atoms with van der Waals surface area (Å²) in [6.07, 6.45) is 3.86. The molecular formula is C26H31N5O3. The quantitative estimate of drug-likeness (QED) is 0.542. The molecule has 0 spiro atoms. The van der Waals surface area contributed by atoms with Crippen molar-refractivity contribution >= 4 is 17.3 Å². The van der Waals surface area contributed by atoms with Crippen molar-refractivity contribution in [2.24, 2.45) is 0 Å². The Morgan fingerprint density at radius 2 is 2.00 bits per heavy atom. The molecule has 1 saturated carbocycles. The molecule has 1 atom stereocenters. The number of amides is 1. The first kappa shape index (κ1) is 22.5. The maximum absolute atomic E-state index is 13.2.